The van der Waals surface area contributed by atoms with Gasteiger partial charge in [-0.15, -0.1) is 11.3 Å². The summed E-state index contributed by atoms with van der Waals surface area (Å²) in [6.45, 7) is 7.67. The normalized spacial score (nSPS) is 12.6. The molecule has 19 heavy (non-hydrogen) atoms. The zero-order valence-electron chi connectivity index (χ0n) is 11.7. The van der Waals surface area contributed by atoms with E-state index in [1.165, 1.54) is 24.5 Å². The first-order chi connectivity index (χ1) is 9.13. The smallest absolute Gasteiger partial charge is 0.0684 e. The summed E-state index contributed by atoms with van der Waals surface area (Å²) in [5, 5.41) is 3.70. The van der Waals surface area contributed by atoms with Gasteiger partial charge in [0, 0.05) is 13.3 Å². The highest BCUT2D eigenvalue weighted by Gasteiger charge is 2.19. The molecular formula is C16H20INS. The van der Waals surface area contributed by atoms with E-state index in [-0.39, 0.29) is 0 Å². The molecular weight excluding hydrogens is 365 g/mol. The quantitative estimate of drug-likeness (QED) is 0.710. The molecule has 1 N–H and O–H groups in total. The monoisotopic (exact) mass is 385 g/mol. The molecule has 1 aromatic carbocycles. The van der Waals surface area contributed by atoms with E-state index in [1.54, 1.807) is 0 Å². The van der Waals surface area contributed by atoms with E-state index in [2.05, 4.69) is 79.0 Å². The Balaban J connectivity index is 2.41. The van der Waals surface area contributed by atoms with Crippen molar-refractivity contribution in [3.8, 4) is 0 Å². The van der Waals surface area contributed by atoms with Crippen LogP contribution < -0.4 is 5.32 Å². The molecule has 0 saturated heterocycles. The van der Waals surface area contributed by atoms with Crippen LogP contribution in [0.15, 0.2) is 30.3 Å². The van der Waals surface area contributed by atoms with Crippen LogP contribution in [-0.2, 0) is 0 Å². The largest absolute Gasteiger partial charge is 0.306 e. The lowest BCUT2D eigenvalue weighted by atomic mass is 10.0. The van der Waals surface area contributed by atoms with Crippen molar-refractivity contribution in [3.05, 3.63) is 54.8 Å². The lowest BCUT2D eigenvalue weighted by Crippen LogP contribution is -2.23. The summed E-state index contributed by atoms with van der Waals surface area (Å²) in [6, 6.07) is 11.3. The SMILES string of the molecule is CCCNC(c1ccccc1I)c1sc(C)cc1C. The predicted molar refractivity (Wildman–Crippen MR) is 93.1 cm³/mol. The molecule has 1 heterocycles. The van der Waals surface area contributed by atoms with Gasteiger partial charge in [0.2, 0.25) is 0 Å². The summed E-state index contributed by atoms with van der Waals surface area (Å²) in [6.07, 6.45) is 1.16. The lowest BCUT2D eigenvalue weighted by molar-refractivity contribution is 0.602. The molecule has 0 aliphatic heterocycles. The van der Waals surface area contributed by atoms with Crippen LogP contribution in [0, 0.1) is 17.4 Å². The third-order valence-corrected chi connectivity index (χ3v) is 5.36. The Labute approximate surface area is 133 Å². The third-order valence-electron chi connectivity index (χ3n) is 3.16. The number of benzene rings is 1. The first-order valence-corrected chi connectivity index (χ1v) is 8.57. The Bertz CT molecular complexity index is 547. The van der Waals surface area contributed by atoms with Gasteiger partial charge in [-0.05, 0) is 72.7 Å². The number of hydrogen-bond acceptors (Lipinski definition) is 2. The second kappa shape index (κ2) is 6.86. The van der Waals surface area contributed by atoms with Crippen LogP contribution in [0.1, 0.15) is 40.3 Å². The fourth-order valence-electron chi connectivity index (χ4n) is 2.29. The van der Waals surface area contributed by atoms with Gasteiger partial charge in [0.25, 0.3) is 0 Å². The van der Waals surface area contributed by atoms with Gasteiger partial charge in [-0.3, -0.25) is 0 Å². The van der Waals surface area contributed by atoms with Gasteiger partial charge in [-0.2, -0.15) is 0 Å². The molecule has 1 atom stereocenters. The van der Waals surface area contributed by atoms with Crippen molar-refractivity contribution >= 4 is 33.9 Å². The van der Waals surface area contributed by atoms with Gasteiger partial charge < -0.3 is 5.32 Å². The highest BCUT2D eigenvalue weighted by atomic mass is 127. The molecule has 0 aliphatic carbocycles. The number of thiophene rings is 1. The van der Waals surface area contributed by atoms with Gasteiger partial charge in [0.15, 0.2) is 0 Å². The molecule has 3 heteroatoms. The van der Waals surface area contributed by atoms with E-state index in [0.717, 1.165) is 13.0 Å². The number of hydrogen-bond donors (Lipinski definition) is 1. The molecule has 0 amide bonds. The average molecular weight is 385 g/mol. The van der Waals surface area contributed by atoms with Gasteiger partial charge in [0.1, 0.15) is 0 Å². The van der Waals surface area contributed by atoms with E-state index in [0.29, 0.717) is 6.04 Å². The molecule has 2 aromatic rings. The van der Waals surface area contributed by atoms with Crippen LogP contribution in [0.25, 0.3) is 0 Å². The van der Waals surface area contributed by atoms with Gasteiger partial charge >= 0.3 is 0 Å². The van der Waals surface area contributed by atoms with Gasteiger partial charge in [-0.1, -0.05) is 25.1 Å². The number of aryl methyl sites for hydroxylation is 2. The number of halogens is 1. The molecule has 1 aromatic heterocycles. The van der Waals surface area contributed by atoms with Crippen LogP contribution in [0.3, 0.4) is 0 Å². The predicted octanol–water partition coefficient (Wildman–Crippen LogP) is 5.06. The molecule has 102 valence electrons. The zero-order valence-corrected chi connectivity index (χ0v) is 14.6. The molecule has 1 unspecified atom stereocenters. The maximum atomic E-state index is 3.70. The Kier molecular flexibility index (Phi) is 5.42. The minimum absolute atomic E-state index is 0.326. The van der Waals surface area contributed by atoms with E-state index in [1.807, 2.05) is 11.3 Å². The van der Waals surface area contributed by atoms with Crippen LogP contribution in [-0.4, -0.2) is 6.54 Å². The fraction of sp³-hybridized carbons (Fsp3) is 0.375. The summed E-state index contributed by atoms with van der Waals surface area (Å²) < 4.78 is 1.33. The second-order valence-electron chi connectivity index (χ2n) is 4.81. The topological polar surface area (TPSA) is 12.0 Å². The maximum Gasteiger partial charge on any atom is 0.0684 e. The molecule has 0 bridgehead atoms. The molecule has 0 spiro atoms. The molecule has 2 rings (SSSR count). The summed E-state index contributed by atoms with van der Waals surface area (Å²) in [5.74, 6) is 0. The fourth-order valence-corrected chi connectivity index (χ4v) is 4.12. The first-order valence-electron chi connectivity index (χ1n) is 6.68. The summed E-state index contributed by atoms with van der Waals surface area (Å²) in [5.41, 5.74) is 2.79. The maximum absolute atomic E-state index is 3.70. The Morgan fingerprint density at radius 2 is 2.00 bits per heavy atom. The summed E-state index contributed by atoms with van der Waals surface area (Å²) in [7, 11) is 0. The minimum Gasteiger partial charge on any atom is -0.306 e. The third kappa shape index (κ3) is 3.58. The second-order valence-corrected chi connectivity index (χ2v) is 7.26. The van der Waals surface area contributed by atoms with E-state index < -0.39 is 0 Å². The molecule has 0 aliphatic rings. The highest BCUT2D eigenvalue weighted by Crippen LogP contribution is 2.33. The van der Waals surface area contributed by atoms with Crippen LogP contribution >= 0.6 is 33.9 Å². The Hall–Kier alpha value is -0.390. The molecule has 1 nitrogen and oxygen atoms in total. The van der Waals surface area contributed by atoms with Crippen LogP contribution in [0.5, 0.6) is 0 Å². The number of nitrogens with one attached hydrogen (secondary N) is 1. The van der Waals surface area contributed by atoms with Crippen molar-refractivity contribution in [1.82, 2.24) is 5.32 Å². The molecule has 0 saturated carbocycles. The van der Waals surface area contributed by atoms with E-state index in [9.17, 15) is 0 Å². The van der Waals surface area contributed by atoms with Crippen molar-refractivity contribution in [2.24, 2.45) is 0 Å². The van der Waals surface area contributed by atoms with Crippen molar-refractivity contribution in [2.45, 2.75) is 33.2 Å². The van der Waals surface area contributed by atoms with Crippen LogP contribution in [0.2, 0.25) is 0 Å². The van der Waals surface area contributed by atoms with E-state index >= 15 is 0 Å². The summed E-state index contributed by atoms with van der Waals surface area (Å²) in [4.78, 5) is 2.84. The number of rotatable bonds is 5. The standard InChI is InChI=1S/C16H20INS/c1-4-9-18-15(13-7-5-6-8-14(13)17)16-11(2)10-12(3)19-16/h5-8,10,15,18H,4,9H2,1-3H3. The Morgan fingerprint density at radius 1 is 1.26 bits per heavy atom. The molecule has 0 fully saturated rings. The van der Waals surface area contributed by atoms with Crippen molar-refractivity contribution in [2.75, 3.05) is 6.54 Å². The van der Waals surface area contributed by atoms with Gasteiger partial charge in [0.05, 0.1) is 6.04 Å². The average Bonchev–Trinajstić information content (AvgIpc) is 2.71. The van der Waals surface area contributed by atoms with Crippen molar-refractivity contribution < 1.29 is 0 Å². The van der Waals surface area contributed by atoms with E-state index in [4.69, 9.17) is 0 Å². The van der Waals surface area contributed by atoms with Gasteiger partial charge in [-0.25, -0.2) is 0 Å². The van der Waals surface area contributed by atoms with Crippen molar-refractivity contribution in [3.63, 3.8) is 0 Å². The minimum atomic E-state index is 0.326. The summed E-state index contributed by atoms with van der Waals surface area (Å²) >= 11 is 4.35. The Morgan fingerprint density at radius 3 is 2.58 bits per heavy atom. The first kappa shape index (κ1) is 15.0. The lowest BCUT2D eigenvalue weighted by Gasteiger charge is -2.20. The highest BCUT2D eigenvalue weighted by molar-refractivity contribution is 14.1. The zero-order chi connectivity index (χ0) is 13.8. The van der Waals surface area contributed by atoms with Crippen molar-refractivity contribution in [1.29, 1.82) is 0 Å². The van der Waals surface area contributed by atoms with Crippen LogP contribution in [0.4, 0.5) is 0 Å². The molecule has 0 radical (unpaired) electrons.